The number of thioether (sulfide) groups is 1. The molecule has 7 nitrogen and oxygen atoms in total. The van der Waals surface area contributed by atoms with Crippen molar-refractivity contribution in [2.75, 3.05) is 12.4 Å². The topological polar surface area (TPSA) is 116 Å². The first-order valence-corrected chi connectivity index (χ1v) is 13.7. The van der Waals surface area contributed by atoms with Crippen LogP contribution < -0.4 is 4.74 Å². The number of benzene rings is 3. The van der Waals surface area contributed by atoms with Gasteiger partial charge in [-0.05, 0) is 65.9 Å². The molecule has 0 aliphatic carbocycles. The van der Waals surface area contributed by atoms with Crippen LogP contribution in [-0.4, -0.2) is 63.2 Å². The van der Waals surface area contributed by atoms with Crippen LogP contribution in [0.5, 0.6) is 5.75 Å². The highest BCUT2D eigenvalue weighted by molar-refractivity contribution is 7.99. The van der Waals surface area contributed by atoms with Crippen molar-refractivity contribution in [3.05, 3.63) is 94.0 Å². The number of carboxylic acid groups (broad SMARTS) is 1. The number of aliphatic hydroxyl groups is 3. The lowest BCUT2D eigenvalue weighted by molar-refractivity contribution is -0.218. The molecular weight excluding hydrogens is 528 g/mol. The monoisotopic (exact) mass is 558 g/mol. The Balaban J connectivity index is 1.48. The summed E-state index contributed by atoms with van der Waals surface area (Å²) in [6, 6.07) is 20.3. The molecule has 1 fully saturated rings. The van der Waals surface area contributed by atoms with Crippen molar-refractivity contribution in [2.24, 2.45) is 0 Å². The van der Waals surface area contributed by atoms with E-state index in [1.165, 1.54) is 11.8 Å². The lowest BCUT2D eigenvalue weighted by atomic mass is 9.90. The van der Waals surface area contributed by atoms with Gasteiger partial charge in [0.1, 0.15) is 30.2 Å². The maximum Gasteiger partial charge on any atom is 0.307 e. The van der Waals surface area contributed by atoms with Gasteiger partial charge in [0.15, 0.2) is 0 Å². The smallest absolute Gasteiger partial charge is 0.307 e. The maximum absolute atomic E-state index is 11.0. The van der Waals surface area contributed by atoms with E-state index < -0.39 is 36.5 Å². The Labute approximate surface area is 231 Å². The summed E-state index contributed by atoms with van der Waals surface area (Å²) >= 11 is 7.87. The van der Waals surface area contributed by atoms with Gasteiger partial charge in [0.2, 0.25) is 0 Å². The quantitative estimate of drug-likeness (QED) is 0.273. The number of carbonyl (C=O) groups is 1. The number of ether oxygens (including phenoxy) is 2. The third-order valence-electron chi connectivity index (χ3n) is 6.41. The second-order valence-corrected chi connectivity index (χ2v) is 10.7. The van der Waals surface area contributed by atoms with Crippen LogP contribution in [0.2, 0.25) is 5.02 Å². The Morgan fingerprint density at radius 3 is 2.45 bits per heavy atom. The zero-order valence-corrected chi connectivity index (χ0v) is 22.4. The Hall–Kier alpha value is -2.59. The molecule has 1 heterocycles. The predicted molar refractivity (Wildman–Crippen MR) is 146 cm³/mol. The molecule has 0 amide bonds. The molecule has 0 unspecified atom stereocenters. The summed E-state index contributed by atoms with van der Waals surface area (Å²) in [5, 5.41) is 41.6. The van der Waals surface area contributed by atoms with Gasteiger partial charge in [0.25, 0.3) is 0 Å². The van der Waals surface area contributed by atoms with E-state index >= 15 is 0 Å². The summed E-state index contributed by atoms with van der Waals surface area (Å²) in [6.45, 7) is 2.52. The molecule has 5 atom stereocenters. The molecule has 0 aromatic heterocycles. The van der Waals surface area contributed by atoms with Crippen LogP contribution in [0.1, 0.15) is 35.3 Å². The largest absolute Gasteiger partial charge is 0.494 e. The lowest BCUT2D eigenvalue weighted by Crippen LogP contribution is -2.54. The van der Waals surface area contributed by atoms with E-state index in [0.29, 0.717) is 34.9 Å². The first-order valence-electron chi connectivity index (χ1n) is 12.4. The fourth-order valence-corrected chi connectivity index (χ4v) is 5.69. The van der Waals surface area contributed by atoms with Crippen molar-refractivity contribution in [1.29, 1.82) is 0 Å². The van der Waals surface area contributed by atoms with Crippen molar-refractivity contribution in [1.82, 2.24) is 0 Å². The molecule has 4 N–H and O–H groups in total. The van der Waals surface area contributed by atoms with Crippen molar-refractivity contribution in [3.63, 3.8) is 0 Å². The van der Waals surface area contributed by atoms with Gasteiger partial charge >= 0.3 is 5.97 Å². The molecule has 0 spiro atoms. The number of hydrogen-bond acceptors (Lipinski definition) is 7. The second-order valence-electron chi connectivity index (χ2n) is 9.20. The molecule has 1 aliphatic heterocycles. The molecule has 9 heteroatoms. The molecule has 1 saturated heterocycles. The van der Waals surface area contributed by atoms with Crippen LogP contribution in [0.25, 0.3) is 0 Å². The van der Waals surface area contributed by atoms with E-state index in [9.17, 15) is 20.1 Å². The van der Waals surface area contributed by atoms with Crippen molar-refractivity contribution >= 4 is 29.3 Å². The summed E-state index contributed by atoms with van der Waals surface area (Å²) in [5.41, 5.74) is 3.19. The average molecular weight is 559 g/mol. The molecule has 0 saturated carbocycles. The molecule has 3 aromatic rings. The van der Waals surface area contributed by atoms with Crippen LogP contribution >= 0.6 is 23.4 Å². The van der Waals surface area contributed by atoms with Gasteiger partial charge in [-0.25, -0.2) is 0 Å². The zero-order chi connectivity index (χ0) is 27.2. The highest BCUT2D eigenvalue weighted by Gasteiger charge is 2.44. The molecule has 1 aliphatic rings. The minimum atomic E-state index is -1.40. The zero-order valence-electron chi connectivity index (χ0n) is 20.9. The summed E-state index contributed by atoms with van der Waals surface area (Å²) < 4.78 is 11.6. The van der Waals surface area contributed by atoms with Gasteiger partial charge in [-0.2, -0.15) is 0 Å². The highest BCUT2D eigenvalue weighted by atomic mass is 35.5. The first-order chi connectivity index (χ1) is 18.2. The van der Waals surface area contributed by atoms with Gasteiger partial charge < -0.3 is 29.9 Å². The number of carboxylic acids is 1. The number of halogens is 1. The predicted octanol–water partition coefficient (Wildman–Crippen LogP) is 4.27. The molecular formula is C29H31ClO7S. The number of aliphatic carboxylic acids is 1. The molecule has 0 bridgehead atoms. The average Bonchev–Trinajstić information content (AvgIpc) is 2.89. The third-order valence-corrected chi connectivity index (χ3v) is 7.86. The Morgan fingerprint density at radius 1 is 0.974 bits per heavy atom. The Bertz CT molecular complexity index is 1240. The van der Waals surface area contributed by atoms with E-state index in [2.05, 4.69) is 0 Å². The van der Waals surface area contributed by atoms with Crippen LogP contribution in [0.4, 0.5) is 0 Å². The van der Waals surface area contributed by atoms with Gasteiger partial charge in [-0.3, -0.25) is 4.79 Å². The summed E-state index contributed by atoms with van der Waals surface area (Å²) in [5.74, 6) is 0.174. The Kier molecular flexibility index (Phi) is 9.70. The van der Waals surface area contributed by atoms with E-state index in [4.69, 9.17) is 26.2 Å². The van der Waals surface area contributed by atoms with Gasteiger partial charge in [0, 0.05) is 15.7 Å². The van der Waals surface area contributed by atoms with Crippen molar-refractivity contribution in [3.8, 4) is 5.75 Å². The standard InChI is InChI=1S/C29H31ClO7S/c1-2-36-21-9-6-17(7-10-21)12-20-15-19(8-11-23(20)30)29-28(35)27(34)26(33)24(37-29)16-38-22-5-3-4-18(13-22)14-25(31)32/h3-11,13,15,24,26-29,33-35H,2,12,14,16H2,1H3,(H,31,32)/t24-,26-,27+,28-,29+/m1/s1. The number of aliphatic hydroxyl groups excluding tert-OH is 3. The molecule has 0 radical (unpaired) electrons. The minimum Gasteiger partial charge on any atom is -0.494 e. The molecule has 202 valence electrons. The molecule has 3 aromatic carbocycles. The Morgan fingerprint density at radius 2 is 1.74 bits per heavy atom. The summed E-state index contributed by atoms with van der Waals surface area (Å²) in [6.07, 6.45) is -5.18. The SMILES string of the molecule is CCOc1ccc(Cc2cc([C@@H]3O[C@H](CSc4cccc(CC(=O)O)c4)[C@@H](O)[C@H](O)[C@H]3O)ccc2Cl)cc1. The van der Waals surface area contributed by atoms with Crippen LogP contribution in [0.3, 0.4) is 0 Å². The fraction of sp³-hybridized carbons (Fsp3) is 0.345. The van der Waals surface area contributed by atoms with Gasteiger partial charge in [-0.1, -0.05) is 48.0 Å². The van der Waals surface area contributed by atoms with Crippen LogP contribution in [0, 0.1) is 0 Å². The van der Waals surface area contributed by atoms with Gasteiger partial charge in [0.05, 0.1) is 19.1 Å². The lowest BCUT2D eigenvalue weighted by Gasteiger charge is -2.41. The fourth-order valence-electron chi connectivity index (χ4n) is 4.46. The van der Waals surface area contributed by atoms with E-state index in [-0.39, 0.29) is 6.42 Å². The van der Waals surface area contributed by atoms with E-state index in [1.54, 1.807) is 30.3 Å². The van der Waals surface area contributed by atoms with Crippen molar-refractivity contribution < 1.29 is 34.7 Å². The van der Waals surface area contributed by atoms with Gasteiger partial charge in [-0.15, -0.1) is 11.8 Å². The summed E-state index contributed by atoms with van der Waals surface area (Å²) in [4.78, 5) is 11.8. The van der Waals surface area contributed by atoms with Crippen LogP contribution in [0.15, 0.2) is 71.6 Å². The van der Waals surface area contributed by atoms with E-state index in [1.807, 2.05) is 43.3 Å². The van der Waals surface area contributed by atoms with E-state index in [0.717, 1.165) is 21.8 Å². The minimum absolute atomic E-state index is 0.0838. The van der Waals surface area contributed by atoms with Crippen LogP contribution in [-0.2, 0) is 22.4 Å². The summed E-state index contributed by atoms with van der Waals surface area (Å²) in [7, 11) is 0. The normalized spacial score (nSPS) is 23.2. The number of hydrogen-bond donors (Lipinski definition) is 4. The highest BCUT2D eigenvalue weighted by Crippen LogP contribution is 2.36. The first kappa shape index (κ1) is 28.4. The number of rotatable bonds is 10. The third kappa shape index (κ3) is 7.08. The molecule has 38 heavy (non-hydrogen) atoms. The second kappa shape index (κ2) is 13.0. The molecule has 4 rings (SSSR count). The maximum atomic E-state index is 11.0. The van der Waals surface area contributed by atoms with Crippen molar-refractivity contribution in [2.45, 2.75) is 55.2 Å².